The lowest BCUT2D eigenvalue weighted by atomic mass is 10.4. The molecule has 0 aromatic carbocycles. The van der Waals surface area contributed by atoms with Crippen molar-refractivity contribution in [3.63, 3.8) is 0 Å². The van der Waals surface area contributed by atoms with Gasteiger partial charge >= 0.3 is 0 Å². The molecule has 2 N–H and O–H groups in total. The van der Waals surface area contributed by atoms with Crippen LogP contribution in [0.3, 0.4) is 0 Å². The maximum atomic E-state index is 4.58. The summed E-state index contributed by atoms with van der Waals surface area (Å²) >= 11 is 0. The minimum atomic E-state index is 0.619. The monoisotopic (exact) mass is 249 g/mol. The van der Waals surface area contributed by atoms with Gasteiger partial charge in [0, 0.05) is 38.1 Å². The molecule has 0 radical (unpaired) electrons. The fraction of sp³-hybridized carbons (Fsp3) is 0.692. The summed E-state index contributed by atoms with van der Waals surface area (Å²) in [5, 5.41) is 10.9. The Morgan fingerprint density at radius 2 is 2.39 bits per heavy atom. The minimum absolute atomic E-state index is 0.619. The molecule has 2 rings (SSSR count). The van der Waals surface area contributed by atoms with Crippen LogP contribution in [0.1, 0.15) is 26.7 Å². The van der Waals surface area contributed by atoms with E-state index in [1.807, 2.05) is 23.1 Å². The average molecular weight is 249 g/mol. The molecule has 1 aliphatic rings. The maximum absolute atomic E-state index is 4.58. The molecular formula is C13H23N5. The molecule has 0 bridgehead atoms. The summed E-state index contributed by atoms with van der Waals surface area (Å²) in [7, 11) is 0. The zero-order valence-corrected chi connectivity index (χ0v) is 11.3. The highest BCUT2D eigenvalue weighted by Gasteiger charge is 2.33. The van der Waals surface area contributed by atoms with Gasteiger partial charge in [0.25, 0.3) is 0 Å². The Labute approximate surface area is 109 Å². The lowest BCUT2D eigenvalue weighted by molar-refractivity contribution is 0.583. The molecule has 0 saturated heterocycles. The Morgan fingerprint density at radius 3 is 3.00 bits per heavy atom. The number of aryl methyl sites for hydroxylation is 1. The van der Waals surface area contributed by atoms with E-state index in [0.29, 0.717) is 6.04 Å². The summed E-state index contributed by atoms with van der Waals surface area (Å²) in [4.78, 5) is 4.58. The third kappa shape index (κ3) is 4.05. The van der Waals surface area contributed by atoms with Gasteiger partial charge in [0.05, 0.1) is 0 Å². The van der Waals surface area contributed by atoms with Crippen LogP contribution in [0.25, 0.3) is 0 Å². The van der Waals surface area contributed by atoms with Crippen LogP contribution in [0.2, 0.25) is 0 Å². The number of guanidine groups is 1. The number of hydrogen-bond acceptors (Lipinski definition) is 2. The van der Waals surface area contributed by atoms with E-state index in [1.54, 1.807) is 0 Å². The van der Waals surface area contributed by atoms with Gasteiger partial charge in [-0.2, -0.15) is 5.10 Å². The molecule has 1 aromatic heterocycles. The molecule has 2 atom stereocenters. The summed E-state index contributed by atoms with van der Waals surface area (Å²) in [5.74, 6) is 1.74. The Morgan fingerprint density at radius 1 is 1.56 bits per heavy atom. The van der Waals surface area contributed by atoms with Crippen molar-refractivity contribution in [1.82, 2.24) is 20.4 Å². The zero-order chi connectivity index (χ0) is 12.8. The van der Waals surface area contributed by atoms with E-state index in [9.17, 15) is 0 Å². The molecule has 2 unspecified atom stereocenters. The molecule has 1 fully saturated rings. The van der Waals surface area contributed by atoms with Crippen LogP contribution < -0.4 is 10.6 Å². The predicted molar refractivity (Wildman–Crippen MR) is 73.5 cm³/mol. The van der Waals surface area contributed by atoms with Gasteiger partial charge in [-0.05, 0) is 31.7 Å². The smallest absolute Gasteiger partial charge is 0.191 e. The quantitative estimate of drug-likeness (QED) is 0.453. The van der Waals surface area contributed by atoms with Crippen LogP contribution >= 0.6 is 0 Å². The number of rotatable bonds is 6. The topological polar surface area (TPSA) is 54.2 Å². The Hall–Kier alpha value is -1.52. The number of aliphatic imine (C=N–C) groups is 1. The zero-order valence-electron chi connectivity index (χ0n) is 11.3. The molecular weight excluding hydrogens is 226 g/mol. The van der Waals surface area contributed by atoms with Crippen LogP contribution in [0, 0.1) is 5.92 Å². The standard InChI is InChI=1S/C13H23N5/c1-3-14-13(17-12-10-11(12)2)15-6-4-8-18-9-5-7-16-18/h5,7,9,11-12H,3-4,6,8,10H2,1-2H3,(H2,14,15,17). The van der Waals surface area contributed by atoms with Gasteiger partial charge < -0.3 is 10.6 Å². The molecule has 0 amide bonds. The SMILES string of the molecule is CCNC(=NCCCn1cccn1)NC1CC1C. The van der Waals surface area contributed by atoms with Crippen molar-refractivity contribution in [2.45, 2.75) is 39.3 Å². The van der Waals surface area contributed by atoms with Crippen molar-refractivity contribution in [3.05, 3.63) is 18.5 Å². The highest BCUT2D eigenvalue weighted by molar-refractivity contribution is 5.80. The van der Waals surface area contributed by atoms with E-state index in [1.165, 1.54) is 6.42 Å². The normalized spacial score (nSPS) is 22.9. The molecule has 100 valence electrons. The Bertz CT molecular complexity index is 371. The number of aromatic nitrogens is 2. The molecule has 1 aliphatic carbocycles. The third-order valence-corrected chi connectivity index (χ3v) is 3.15. The van der Waals surface area contributed by atoms with Crippen LogP contribution in [0.5, 0.6) is 0 Å². The van der Waals surface area contributed by atoms with Crippen molar-refractivity contribution in [2.24, 2.45) is 10.9 Å². The molecule has 5 nitrogen and oxygen atoms in total. The summed E-state index contributed by atoms with van der Waals surface area (Å²) in [6.07, 6.45) is 6.07. The fourth-order valence-electron chi connectivity index (χ4n) is 1.88. The number of nitrogens with zero attached hydrogens (tertiary/aromatic N) is 3. The molecule has 5 heteroatoms. The fourth-order valence-corrected chi connectivity index (χ4v) is 1.88. The maximum Gasteiger partial charge on any atom is 0.191 e. The first-order valence-electron chi connectivity index (χ1n) is 6.82. The Kier molecular flexibility index (Phi) is 4.61. The third-order valence-electron chi connectivity index (χ3n) is 3.15. The summed E-state index contributed by atoms with van der Waals surface area (Å²) in [6, 6.07) is 2.57. The Balaban J connectivity index is 1.70. The first-order valence-corrected chi connectivity index (χ1v) is 6.82. The van der Waals surface area contributed by atoms with Crippen molar-refractivity contribution >= 4 is 5.96 Å². The molecule has 18 heavy (non-hydrogen) atoms. The van der Waals surface area contributed by atoms with Crippen molar-refractivity contribution in [1.29, 1.82) is 0 Å². The van der Waals surface area contributed by atoms with Gasteiger partial charge in [-0.25, -0.2) is 0 Å². The van der Waals surface area contributed by atoms with Crippen molar-refractivity contribution < 1.29 is 0 Å². The first-order chi connectivity index (χ1) is 8.79. The molecule has 1 heterocycles. The molecule has 0 spiro atoms. The average Bonchev–Trinajstić information content (AvgIpc) is 2.84. The lowest BCUT2D eigenvalue weighted by Gasteiger charge is -2.10. The minimum Gasteiger partial charge on any atom is -0.357 e. The second kappa shape index (κ2) is 6.42. The molecule has 0 aliphatic heterocycles. The second-order valence-electron chi connectivity index (χ2n) is 4.85. The molecule has 1 saturated carbocycles. The predicted octanol–water partition coefficient (Wildman–Crippen LogP) is 1.24. The van der Waals surface area contributed by atoms with E-state index in [-0.39, 0.29) is 0 Å². The van der Waals surface area contributed by atoms with Gasteiger partial charge in [0.2, 0.25) is 0 Å². The van der Waals surface area contributed by atoms with E-state index in [0.717, 1.165) is 37.9 Å². The summed E-state index contributed by atoms with van der Waals surface area (Å²) in [5.41, 5.74) is 0. The molecule has 1 aromatic rings. The summed E-state index contributed by atoms with van der Waals surface area (Å²) < 4.78 is 1.94. The number of hydrogen-bond donors (Lipinski definition) is 2. The van der Waals surface area contributed by atoms with E-state index in [4.69, 9.17) is 0 Å². The van der Waals surface area contributed by atoms with Gasteiger partial charge in [0.1, 0.15) is 0 Å². The van der Waals surface area contributed by atoms with Gasteiger partial charge in [-0.1, -0.05) is 6.92 Å². The van der Waals surface area contributed by atoms with E-state index >= 15 is 0 Å². The van der Waals surface area contributed by atoms with Crippen LogP contribution in [0.15, 0.2) is 23.5 Å². The van der Waals surface area contributed by atoms with Crippen LogP contribution in [-0.4, -0.2) is 34.9 Å². The van der Waals surface area contributed by atoms with Gasteiger partial charge in [-0.3, -0.25) is 9.67 Å². The second-order valence-corrected chi connectivity index (χ2v) is 4.85. The van der Waals surface area contributed by atoms with Crippen LogP contribution in [-0.2, 0) is 6.54 Å². The van der Waals surface area contributed by atoms with Gasteiger partial charge in [0.15, 0.2) is 5.96 Å². The lowest BCUT2D eigenvalue weighted by Crippen LogP contribution is -2.39. The largest absolute Gasteiger partial charge is 0.357 e. The van der Waals surface area contributed by atoms with E-state index in [2.05, 4.69) is 34.6 Å². The first kappa shape index (κ1) is 12.9. The van der Waals surface area contributed by atoms with Crippen LogP contribution in [0.4, 0.5) is 0 Å². The van der Waals surface area contributed by atoms with Crippen molar-refractivity contribution in [3.8, 4) is 0 Å². The van der Waals surface area contributed by atoms with Crippen molar-refractivity contribution in [2.75, 3.05) is 13.1 Å². The summed E-state index contributed by atoms with van der Waals surface area (Å²) in [6.45, 7) is 7.02. The highest BCUT2D eigenvalue weighted by Crippen LogP contribution is 2.28. The highest BCUT2D eigenvalue weighted by atomic mass is 15.3. The van der Waals surface area contributed by atoms with Gasteiger partial charge in [-0.15, -0.1) is 0 Å². The number of nitrogens with one attached hydrogen (secondary N) is 2. The van der Waals surface area contributed by atoms with E-state index < -0.39 is 0 Å².